The van der Waals surface area contributed by atoms with Gasteiger partial charge in [-0.15, -0.1) is 0 Å². The Bertz CT molecular complexity index is 969. The van der Waals surface area contributed by atoms with Crippen LogP contribution in [0.4, 0.5) is 0 Å². The van der Waals surface area contributed by atoms with Crippen LogP contribution in [0.3, 0.4) is 0 Å². The van der Waals surface area contributed by atoms with Gasteiger partial charge in [-0.3, -0.25) is 0 Å². The minimum atomic E-state index is -4.27. The fourth-order valence-corrected chi connectivity index (χ4v) is 6.85. The third-order valence-corrected chi connectivity index (χ3v) is 9.00. The van der Waals surface area contributed by atoms with Gasteiger partial charge in [0.15, 0.2) is 8.63 Å². The van der Waals surface area contributed by atoms with Crippen molar-refractivity contribution in [1.29, 1.82) is 0 Å². The first-order valence-corrected chi connectivity index (χ1v) is 13.3. The highest BCUT2D eigenvalue weighted by atomic mass is 127. The number of thiophene rings is 1. The zero-order valence-electron chi connectivity index (χ0n) is 14.7. The van der Waals surface area contributed by atoms with Crippen molar-refractivity contribution in [2.45, 2.75) is 17.1 Å². The third kappa shape index (κ3) is 7.53. The Labute approximate surface area is 182 Å². The van der Waals surface area contributed by atoms with Gasteiger partial charge in [0.2, 0.25) is 0 Å². The fraction of sp³-hybridized carbons (Fsp3) is 0.158. The molecular formula is C19H18BrIO4S2. The molecule has 27 heavy (non-hydrogen) atoms. The van der Waals surface area contributed by atoms with E-state index in [2.05, 4.69) is 46.3 Å². The van der Waals surface area contributed by atoms with E-state index in [9.17, 15) is 13.0 Å². The second-order valence-electron chi connectivity index (χ2n) is 5.39. The summed E-state index contributed by atoms with van der Waals surface area (Å²) in [4.78, 5) is -0.178. The van der Waals surface area contributed by atoms with Gasteiger partial charge in [0.05, 0.1) is 12.0 Å². The third-order valence-electron chi connectivity index (χ3n) is 3.30. The number of rotatable bonds is 5. The number of benzene rings is 2. The number of alkyl halides is 1. The summed E-state index contributed by atoms with van der Waals surface area (Å²) in [6.07, 6.45) is 0. The molecule has 0 unspecified atom stereocenters. The van der Waals surface area contributed by atoms with Gasteiger partial charge in [-0.1, -0.05) is 57.1 Å². The van der Waals surface area contributed by atoms with E-state index in [1.807, 2.05) is 13.0 Å². The van der Waals surface area contributed by atoms with Crippen LogP contribution in [-0.2, 0) is 15.4 Å². The van der Waals surface area contributed by atoms with Gasteiger partial charge in [-0.05, 0) is 42.8 Å². The molecule has 4 nitrogen and oxygen atoms in total. The largest absolute Gasteiger partial charge is 0.744 e. The van der Waals surface area contributed by atoms with Gasteiger partial charge in [-0.2, -0.15) is 0 Å². The molecule has 144 valence electrons. The normalized spacial score (nSPS) is 10.8. The first-order valence-electron chi connectivity index (χ1n) is 7.78. The lowest BCUT2D eigenvalue weighted by Gasteiger charge is -2.05. The maximum Gasteiger partial charge on any atom is 0.369 e. The van der Waals surface area contributed by atoms with E-state index in [1.54, 1.807) is 30.6 Å². The molecule has 0 aliphatic carbocycles. The molecule has 0 radical (unpaired) electrons. The van der Waals surface area contributed by atoms with Gasteiger partial charge in [0, 0.05) is 11.4 Å². The van der Waals surface area contributed by atoms with Crippen molar-refractivity contribution in [2.24, 2.45) is 0 Å². The van der Waals surface area contributed by atoms with Crippen LogP contribution in [-0.4, -0.2) is 20.1 Å². The minimum absolute atomic E-state index is 0.0618. The monoisotopic (exact) mass is 580 g/mol. The number of ether oxygens (including phenoxy) is 1. The van der Waals surface area contributed by atoms with E-state index in [-0.39, 0.29) is 26.1 Å². The standard InChI is InChI=1S/C12H11BrIOS.C7H8O3S/c1-15-12-6-5-11(16-12)14-10-4-2-3-9(7-10)8-13;1-6-2-4-7(5-3-6)11(8,9)10/h2-7H,8H2,1H3;2-5H,1H3,(H,8,9,10)/q+1;/p-1. The predicted molar refractivity (Wildman–Crippen MR) is 106 cm³/mol. The maximum absolute atomic E-state index is 10.4. The van der Waals surface area contributed by atoms with E-state index in [0.717, 1.165) is 16.0 Å². The molecule has 0 atom stereocenters. The van der Waals surface area contributed by atoms with Crippen molar-refractivity contribution < 1.29 is 38.9 Å². The zero-order valence-corrected chi connectivity index (χ0v) is 20.1. The number of methoxy groups -OCH3 is 1. The topological polar surface area (TPSA) is 66.4 Å². The molecule has 0 bridgehead atoms. The minimum Gasteiger partial charge on any atom is -0.744 e. The highest BCUT2D eigenvalue weighted by Crippen LogP contribution is 2.17. The van der Waals surface area contributed by atoms with Crippen LogP contribution in [0.15, 0.2) is 65.6 Å². The molecule has 1 aromatic heterocycles. The molecular weight excluding hydrogens is 563 g/mol. The molecule has 0 aliphatic rings. The summed E-state index contributed by atoms with van der Waals surface area (Å²) in [6.45, 7) is 1.82. The number of hydrogen-bond donors (Lipinski definition) is 0. The summed E-state index contributed by atoms with van der Waals surface area (Å²) in [6, 6.07) is 18.8. The quantitative estimate of drug-likeness (QED) is 0.262. The lowest BCUT2D eigenvalue weighted by molar-refractivity contribution is -0.591. The highest BCUT2D eigenvalue weighted by molar-refractivity contribution is 9.08. The molecule has 1 heterocycles. The average molecular weight is 581 g/mol. The van der Waals surface area contributed by atoms with E-state index < -0.39 is 10.1 Å². The summed E-state index contributed by atoms with van der Waals surface area (Å²) < 4.78 is 39.3. The van der Waals surface area contributed by atoms with Crippen molar-refractivity contribution in [2.75, 3.05) is 7.11 Å². The first kappa shape index (κ1) is 22.4. The molecule has 0 aliphatic heterocycles. The predicted octanol–water partition coefficient (Wildman–Crippen LogP) is 1.68. The van der Waals surface area contributed by atoms with Gasteiger partial charge >= 0.3 is 21.2 Å². The van der Waals surface area contributed by atoms with E-state index >= 15 is 0 Å². The summed E-state index contributed by atoms with van der Waals surface area (Å²) >= 11 is 5.18. The smallest absolute Gasteiger partial charge is 0.369 e. The van der Waals surface area contributed by atoms with Crippen molar-refractivity contribution in [3.8, 4) is 5.06 Å². The van der Waals surface area contributed by atoms with Crippen LogP contribution in [0, 0.1) is 13.4 Å². The molecule has 0 N–H and O–H groups in total. The Kier molecular flexibility index (Phi) is 8.74. The second kappa shape index (κ2) is 10.6. The van der Waals surface area contributed by atoms with Crippen LogP contribution in [0.5, 0.6) is 5.06 Å². The Morgan fingerprint density at radius 1 is 1.11 bits per heavy atom. The van der Waals surface area contributed by atoms with Gasteiger partial charge < -0.3 is 9.29 Å². The molecule has 0 saturated carbocycles. The summed E-state index contributed by atoms with van der Waals surface area (Å²) in [5.74, 6) is 0. The van der Waals surface area contributed by atoms with Crippen molar-refractivity contribution in [3.63, 3.8) is 0 Å². The van der Waals surface area contributed by atoms with Crippen LogP contribution < -0.4 is 25.9 Å². The summed E-state index contributed by atoms with van der Waals surface area (Å²) in [7, 11) is -2.55. The molecule has 2 aromatic carbocycles. The van der Waals surface area contributed by atoms with Crippen molar-refractivity contribution >= 4 is 37.4 Å². The zero-order chi connectivity index (χ0) is 19.9. The summed E-state index contributed by atoms with van der Waals surface area (Å²) in [5, 5.41) is 1.93. The number of halogens is 2. The van der Waals surface area contributed by atoms with Crippen LogP contribution in [0.25, 0.3) is 0 Å². The molecule has 3 aromatic rings. The molecule has 0 spiro atoms. The Hall–Kier alpha value is -0.940. The van der Waals surface area contributed by atoms with Gasteiger partial charge in [0.25, 0.3) is 2.88 Å². The van der Waals surface area contributed by atoms with Crippen molar-refractivity contribution in [3.05, 3.63) is 78.2 Å². The fourth-order valence-electron chi connectivity index (χ4n) is 1.95. The molecule has 8 heteroatoms. The SMILES string of the molecule is COc1ccc([I+]c2cccc(CBr)c2)s1.Cc1ccc(S(=O)(=O)[O-])cc1. The molecule has 3 rings (SSSR count). The van der Waals surface area contributed by atoms with E-state index in [4.69, 9.17) is 4.74 Å². The molecule has 0 amide bonds. The van der Waals surface area contributed by atoms with Gasteiger partial charge in [0.1, 0.15) is 10.1 Å². The lowest BCUT2D eigenvalue weighted by atomic mass is 10.2. The molecule has 0 saturated heterocycles. The van der Waals surface area contributed by atoms with E-state index in [1.165, 1.54) is 24.2 Å². The van der Waals surface area contributed by atoms with Gasteiger partial charge in [-0.25, -0.2) is 8.42 Å². The highest BCUT2D eigenvalue weighted by Gasteiger charge is 2.18. The van der Waals surface area contributed by atoms with E-state index in [0.29, 0.717) is 0 Å². The van der Waals surface area contributed by atoms with Crippen molar-refractivity contribution in [1.82, 2.24) is 0 Å². The Balaban J connectivity index is 0.000000208. The second-order valence-corrected chi connectivity index (χ2v) is 12.1. The number of aryl methyl sites for hydroxylation is 1. The number of hydrogen-bond acceptors (Lipinski definition) is 5. The first-order chi connectivity index (χ1) is 12.8. The maximum atomic E-state index is 10.4. The van der Waals surface area contributed by atoms with Crippen LogP contribution in [0.2, 0.25) is 0 Å². The summed E-state index contributed by atoms with van der Waals surface area (Å²) in [5.41, 5.74) is 2.28. The molecule has 0 fully saturated rings. The Morgan fingerprint density at radius 3 is 2.37 bits per heavy atom. The Morgan fingerprint density at radius 2 is 1.81 bits per heavy atom. The lowest BCUT2D eigenvalue weighted by Crippen LogP contribution is -3.61. The average Bonchev–Trinajstić information content (AvgIpc) is 3.09. The van der Waals surface area contributed by atoms with Crippen LogP contribution >= 0.6 is 27.3 Å². The van der Waals surface area contributed by atoms with Crippen LogP contribution in [0.1, 0.15) is 11.1 Å².